The summed E-state index contributed by atoms with van der Waals surface area (Å²) in [5.74, 6) is 0.207. The summed E-state index contributed by atoms with van der Waals surface area (Å²) in [7, 11) is 0.137. The molecule has 0 aromatic heterocycles. The Morgan fingerprint density at radius 1 is 1.40 bits per heavy atom. The molecule has 0 aromatic rings. The van der Waals surface area contributed by atoms with E-state index in [0.717, 1.165) is 6.54 Å². The van der Waals surface area contributed by atoms with Gasteiger partial charge in [0.05, 0.1) is 12.5 Å². The number of hydrogen-bond donors (Lipinski definition) is 0. The molecule has 0 aliphatic carbocycles. The molecule has 0 N–H and O–H groups in total. The predicted molar refractivity (Wildman–Crippen MR) is 64.3 cm³/mol. The minimum Gasteiger partial charge on any atom is -0.412 e. The van der Waals surface area contributed by atoms with E-state index in [2.05, 4.69) is 33.9 Å². The Morgan fingerprint density at radius 3 is 2.27 bits per heavy atom. The third-order valence-corrected chi connectivity index (χ3v) is 8.11. The summed E-state index contributed by atoms with van der Waals surface area (Å²) >= 11 is 0. The van der Waals surface area contributed by atoms with Crippen LogP contribution in [0.4, 0.5) is 0 Å². The molecule has 1 saturated heterocycles. The zero-order chi connectivity index (χ0) is 11.9. The summed E-state index contributed by atoms with van der Waals surface area (Å²) < 4.78 is 6.18. The minimum absolute atomic E-state index is 0.114. The number of hydrogen-bond acceptors (Lipinski definition) is 2. The summed E-state index contributed by atoms with van der Waals surface area (Å²) in [6.45, 7) is 11.9. The summed E-state index contributed by atoms with van der Waals surface area (Å²) in [6.07, 6.45) is 0.673. The Kier molecular flexibility index (Phi) is 3.31. The van der Waals surface area contributed by atoms with Crippen LogP contribution < -0.4 is 0 Å². The zero-order valence-corrected chi connectivity index (χ0v) is 11.8. The molecular weight excluding hydrogens is 206 g/mol. The van der Waals surface area contributed by atoms with Gasteiger partial charge in [-0.05, 0) is 18.1 Å². The average Bonchev–Trinajstić information content (AvgIpc) is 2.27. The molecule has 1 fully saturated rings. The fraction of sp³-hybridized carbons (Fsp3) is 0.909. The molecule has 0 unspecified atom stereocenters. The van der Waals surface area contributed by atoms with Crippen molar-refractivity contribution in [3.05, 3.63) is 0 Å². The van der Waals surface area contributed by atoms with E-state index in [1.165, 1.54) is 0 Å². The highest BCUT2D eigenvalue weighted by Gasteiger charge is 2.41. The lowest BCUT2D eigenvalue weighted by atomic mass is 10.2. The average molecular weight is 229 g/mol. The van der Waals surface area contributed by atoms with E-state index in [-0.39, 0.29) is 17.0 Å². The van der Waals surface area contributed by atoms with Gasteiger partial charge < -0.3 is 9.33 Å². The smallest absolute Gasteiger partial charge is 0.225 e. The molecule has 1 heterocycles. The minimum atomic E-state index is -1.71. The van der Waals surface area contributed by atoms with Gasteiger partial charge >= 0.3 is 0 Å². The number of amides is 1. The number of carbonyl (C=O) groups is 1. The van der Waals surface area contributed by atoms with Gasteiger partial charge in [-0.2, -0.15) is 0 Å². The lowest BCUT2D eigenvalue weighted by Gasteiger charge is -2.38. The van der Waals surface area contributed by atoms with E-state index in [9.17, 15) is 4.79 Å². The second-order valence-electron chi connectivity index (χ2n) is 5.98. The molecule has 88 valence electrons. The monoisotopic (exact) mass is 229 g/mol. The van der Waals surface area contributed by atoms with Crippen LogP contribution in [0.3, 0.4) is 0 Å². The number of likely N-dealkylation sites (N-methyl/N-ethyl adjacent to an activating group) is 1. The van der Waals surface area contributed by atoms with E-state index in [1.54, 1.807) is 4.90 Å². The SMILES string of the molecule is CN1C[C@@H](O[Si](C)(C)C(C)(C)C)CC1=O. The molecule has 0 bridgehead atoms. The molecule has 0 saturated carbocycles. The Hall–Kier alpha value is -0.353. The molecule has 0 aromatic carbocycles. The van der Waals surface area contributed by atoms with Crippen molar-refractivity contribution in [2.45, 2.75) is 51.4 Å². The van der Waals surface area contributed by atoms with Crippen molar-refractivity contribution in [2.75, 3.05) is 13.6 Å². The van der Waals surface area contributed by atoms with E-state index in [1.807, 2.05) is 7.05 Å². The van der Waals surface area contributed by atoms with E-state index in [0.29, 0.717) is 6.42 Å². The van der Waals surface area contributed by atoms with Crippen molar-refractivity contribution in [1.82, 2.24) is 4.90 Å². The Bertz CT molecular complexity index is 258. The number of likely N-dealkylation sites (tertiary alicyclic amines) is 1. The fourth-order valence-corrected chi connectivity index (χ4v) is 2.84. The first-order valence-corrected chi connectivity index (χ1v) is 8.46. The van der Waals surface area contributed by atoms with Crippen molar-refractivity contribution in [3.8, 4) is 0 Å². The molecule has 0 radical (unpaired) electrons. The van der Waals surface area contributed by atoms with Gasteiger partial charge in [0, 0.05) is 13.6 Å². The molecule has 0 spiro atoms. The van der Waals surface area contributed by atoms with Gasteiger partial charge in [0.1, 0.15) is 0 Å². The van der Waals surface area contributed by atoms with Gasteiger partial charge in [-0.1, -0.05) is 20.8 Å². The second kappa shape index (κ2) is 3.90. The van der Waals surface area contributed by atoms with Crippen LogP contribution in [0.25, 0.3) is 0 Å². The number of carbonyl (C=O) groups excluding carboxylic acids is 1. The third kappa shape index (κ3) is 2.81. The maximum Gasteiger partial charge on any atom is 0.225 e. The summed E-state index contributed by atoms with van der Waals surface area (Å²) in [5, 5.41) is 0.219. The Balaban J connectivity index is 2.60. The highest BCUT2D eigenvalue weighted by atomic mass is 28.4. The molecule has 1 atom stereocenters. The van der Waals surface area contributed by atoms with Crippen LogP contribution in [0.2, 0.25) is 18.1 Å². The van der Waals surface area contributed by atoms with Gasteiger partial charge in [-0.25, -0.2) is 0 Å². The van der Waals surface area contributed by atoms with Gasteiger partial charge in [-0.3, -0.25) is 4.79 Å². The molecule has 1 aliphatic heterocycles. The maximum atomic E-state index is 11.4. The maximum absolute atomic E-state index is 11.4. The van der Waals surface area contributed by atoms with Gasteiger partial charge in [-0.15, -0.1) is 0 Å². The molecule has 1 rings (SSSR count). The molecule has 3 nitrogen and oxygen atoms in total. The van der Waals surface area contributed by atoms with Crippen LogP contribution >= 0.6 is 0 Å². The highest BCUT2D eigenvalue weighted by Crippen LogP contribution is 2.38. The quantitative estimate of drug-likeness (QED) is 0.680. The molecule has 4 heteroatoms. The lowest BCUT2D eigenvalue weighted by Crippen LogP contribution is -2.44. The van der Waals surface area contributed by atoms with Gasteiger partial charge in [0.2, 0.25) is 5.91 Å². The van der Waals surface area contributed by atoms with Crippen molar-refractivity contribution in [1.29, 1.82) is 0 Å². The normalized spacial score (nSPS) is 23.7. The van der Waals surface area contributed by atoms with Crippen LogP contribution in [0, 0.1) is 0 Å². The van der Waals surface area contributed by atoms with E-state index < -0.39 is 8.32 Å². The third-order valence-electron chi connectivity index (χ3n) is 3.57. The topological polar surface area (TPSA) is 29.5 Å². The van der Waals surface area contributed by atoms with Crippen molar-refractivity contribution in [2.24, 2.45) is 0 Å². The first-order valence-electron chi connectivity index (χ1n) is 5.55. The van der Waals surface area contributed by atoms with E-state index in [4.69, 9.17) is 4.43 Å². The summed E-state index contributed by atoms with van der Waals surface area (Å²) in [5.41, 5.74) is 0. The number of nitrogens with zero attached hydrogens (tertiary/aromatic N) is 1. The standard InChI is InChI=1S/C11H23NO2Si/c1-11(2,3)15(5,6)14-9-7-10(13)12(4)8-9/h9H,7-8H2,1-6H3/t9-/m0/s1. The molecule has 1 aliphatic rings. The first kappa shape index (κ1) is 12.7. The van der Waals surface area contributed by atoms with Crippen LogP contribution in [-0.4, -0.2) is 38.8 Å². The largest absolute Gasteiger partial charge is 0.412 e. The van der Waals surface area contributed by atoms with Gasteiger partial charge in [0.25, 0.3) is 0 Å². The molecule has 15 heavy (non-hydrogen) atoms. The van der Waals surface area contributed by atoms with Crippen molar-refractivity contribution < 1.29 is 9.22 Å². The zero-order valence-electron chi connectivity index (χ0n) is 10.8. The first-order chi connectivity index (χ1) is 6.63. The molecular formula is C11H23NO2Si. The Labute approximate surface area is 93.9 Å². The van der Waals surface area contributed by atoms with Crippen LogP contribution in [0.15, 0.2) is 0 Å². The predicted octanol–water partition coefficient (Wildman–Crippen LogP) is 2.24. The van der Waals surface area contributed by atoms with Crippen LogP contribution in [-0.2, 0) is 9.22 Å². The Morgan fingerprint density at radius 2 is 1.93 bits per heavy atom. The van der Waals surface area contributed by atoms with Crippen LogP contribution in [0.1, 0.15) is 27.2 Å². The van der Waals surface area contributed by atoms with Crippen LogP contribution in [0.5, 0.6) is 0 Å². The van der Waals surface area contributed by atoms with Crippen molar-refractivity contribution >= 4 is 14.2 Å². The number of rotatable bonds is 2. The van der Waals surface area contributed by atoms with Crippen molar-refractivity contribution in [3.63, 3.8) is 0 Å². The molecule has 1 amide bonds. The van der Waals surface area contributed by atoms with Gasteiger partial charge in [0.15, 0.2) is 8.32 Å². The summed E-state index contributed by atoms with van der Waals surface area (Å²) in [4.78, 5) is 13.1. The lowest BCUT2D eigenvalue weighted by molar-refractivity contribution is -0.126. The van der Waals surface area contributed by atoms with E-state index >= 15 is 0 Å². The second-order valence-corrected chi connectivity index (χ2v) is 10.7. The fourth-order valence-electron chi connectivity index (χ4n) is 1.49. The highest BCUT2D eigenvalue weighted by molar-refractivity contribution is 6.74. The summed E-state index contributed by atoms with van der Waals surface area (Å²) in [6, 6.07) is 0.